The molecular formula is C23H26N2O4S. The van der Waals surface area contributed by atoms with Crippen LogP contribution >= 0.6 is 11.3 Å². The average molecular weight is 427 g/mol. The van der Waals surface area contributed by atoms with Gasteiger partial charge in [0.25, 0.3) is 5.91 Å². The van der Waals surface area contributed by atoms with Crippen LogP contribution in [0.5, 0.6) is 5.75 Å². The second-order valence-corrected chi connectivity index (χ2v) is 8.43. The summed E-state index contributed by atoms with van der Waals surface area (Å²) in [4.78, 5) is 27.5. The van der Waals surface area contributed by atoms with Crippen LogP contribution < -0.4 is 4.74 Å². The van der Waals surface area contributed by atoms with Crippen LogP contribution in [-0.4, -0.2) is 48.1 Å². The Balaban J connectivity index is 1.62. The smallest absolute Gasteiger partial charge is 0.310 e. The van der Waals surface area contributed by atoms with Crippen molar-refractivity contribution < 1.29 is 19.1 Å². The van der Waals surface area contributed by atoms with Gasteiger partial charge in [0.15, 0.2) is 0 Å². The molecule has 158 valence electrons. The fourth-order valence-electron chi connectivity index (χ4n) is 4.05. The lowest BCUT2D eigenvalue weighted by Crippen LogP contribution is -2.43. The lowest BCUT2D eigenvalue weighted by molar-refractivity contribution is -0.149. The minimum atomic E-state index is -0.245. The zero-order chi connectivity index (χ0) is 21.1. The number of likely N-dealkylation sites (tertiary alicyclic amines) is 1. The maximum absolute atomic E-state index is 13.5. The normalized spacial score (nSPS) is 16.6. The van der Waals surface area contributed by atoms with E-state index in [4.69, 9.17) is 9.47 Å². The number of ether oxygens (including phenoxy) is 2. The number of carbonyl (C=O) groups is 2. The molecule has 7 heteroatoms. The van der Waals surface area contributed by atoms with Crippen molar-refractivity contribution in [3.05, 3.63) is 53.0 Å². The highest BCUT2D eigenvalue weighted by atomic mass is 32.1. The van der Waals surface area contributed by atoms with Crippen LogP contribution in [0.4, 0.5) is 0 Å². The Labute approximate surface area is 180 Å². The van der Waals surface area contributed by atoms with Crippen molar-refractivity contribution in [1.29, 1.82) is 0 Å². The van der Waals surface area contributed by atoms with Crippen LogP contribution in [0.1, 0.15) is 35.8 Å². The van der Waals surface area contributed by atoms with E-state index in [1.165, 1.54) is 0 Å². The zero-order valence-corrected chi connectivity index (χ0v) is 18.1. The molecule has 0 saturated carbocycles. The molecule has 1 atom stereocenters. The van der Waals surface area contributed by atoms with Crippen LogP contribution in [0.3, 0.4) is 0 Å². The van der Waals surface area contributed by atoms with Gasteiger partial charge in [-0.3, -0.25) is 9.59 Å². The monoisotopic (exact) mass is 426 g/mol. The van der Waals surface area contributed by atoms with E-state index in [0.717, 1.165) is 34.4 Å². The molecule has 1 saturated heterocycles. The van der Waals surface area contributed by atoms with E-state index in [1.54, 1.807) is 23.3 Å². The van der Waals surface area contributed by atoms with E-state index in [0.29, 0.717) is 31.9 Å². The van der Waals surface area contributed by atoms with Crippen LogP contribution in [0.25, 0.3) is 10.2 Å². The third-order valence-electron chi connectivity index (χ3n) is 5.55. The first-order valence-corrected chi connectivity index (χ1v) is 11.1. The van der Waals surface area contributed by atoms with Gasteiger partial charge >= 0.3 is 5.97 Å². The summed E-state index contributed by atoms with van der Waals surface area (Å²) in [6, 6.07) is 11.9. The van der Waals surface area contributed by atoms with Crippen LogP contribution in [-0.2, 0) is 16.1 Å². The van der Waals surface area contributed by atoms with E-state index in [1.807, 2.05) is 42.6 Å². The van der Waals surface area contributed by atoms with Crippen molar-refractivity contribution in [1.82, 2.24) is 9.47 Å². The Hall–Kier alpha value is -2.80. The summed E-state index contributed by atoms with van der Waals surface area (Å²) in [5.74, 6) is 0.311. The van der Waals surface area contributed by atoms with Crippen molar-refractivity contribution in [2.75, 3.05) is 26.8 Å². The summed E-state index contributed by atoms with van der Waals surface area (Å²) in [5.41, 5.74) is 2.77. The van der Waals surface area contributed by atoms with Gasteiger partial charge < -0.3 is 18.9 Å². The van der Waals surface area contributed by atoms with Crippen molar-refractivity contribution in [2.45, 2.75) is 26.3 Å². The van der Waals surface area contributed by atoms with E-state index in [2.05, 4.69) is 10.6 Å². The standard InChI is InChI=1S/C23H26N2O4S/c1-3-29-23(27)17-7-5-10-24(15-17)22(26)20-13-21-19(9-11-30-21)25(20)14-16-6-4-8-18(12-16)28-2/h4,6,8-9,11-13,17H,3,5,7,10,14-15H2,1-2H3/t17-/m1/s1. The summed E-state index contributed by atoms with van der Waals surface area (Å²) in [7, 11) is 1.65. The van der Waals surface area contributed by atoms with Crippen molar-refractivity contribution in [3.8, 4) is 5.75 Å². The number of amides is 1. The van der Waals surface area contributed by atoms with E-state index >= 15 is 0 Å². The second-order valence-electron chi connectivity index (χ2n) is 7.48. The lowest BCUT2D eigenvalue weighted by atomic mass is 9.98. The van der Waals surface area contributed by atoms with E-state index in [9.17, 15) is 9.59 Å². The number of carbonyl (C=O) groups excluding carboxylic acids is 2. The first-order valence-electron chi connectivity index (χ1n) is 10.3. The lowest BCUT2D eigenvalue weighted by Gasteiger charge is -2.31. The van der Waals surface area contributed by atoms with Crippen molar-refractivity contribution >= 4 is 33.4 Å². The van der Waals surface area contributed by atoms with Crippen LogP contribution in [0.15, 0.2) is 41.8 Å². The molecule has 6 nitrogen and oxygen atoms in total. The molecule has 1 aromatic carbocycles. The predicted molar refractivity (Wildman–Crippen MR) is 117 cm³/mol. The molecule has 2 aromatic heterocycles. The molecule has 1 fully saturated rings. The number of hydrogen-bond acceptors (Lipinski definition) is 5. The minimum Gasteiger partial charge on any atom is -0.497 e. The van der Waals surface area contributed by atoms with Gasteiger partial charge in [0.2, 0.25) is 0 Å². The molecule has 1 aliphatic heterocycles. The Bertz CT molecular complexity index is 1050. The Kier molecular flexibility index (Phi) is 6.08. The number of methoxy groups -OCH3 is 1. The fourth-order valence-corrected chi connectivity index (χ4v) is 4.88. The van der Waals surface area contributed by atoms with Crippen molar-refractivity contribution in [3.63, 3.8) is 0 Å². The maximum Gasteiger partial charge on any atom is 0.310 e. The van der Waals surface area contributed by atoms with Gasteiger partial charge in [-0.1, -0.05) is 12.1 Å². The summed E-state index contributed by atoms with van der Waals surface area (Å²) in [6.07, 6.45) is 1.57. The van der Waals surface area contributed by atoms with E-state index in [-0.39, 0.29) is 17.8 Å². The van der Waals surface area contributed by atoms with Gasteiger partial charge in [-0.05, 0) is 55.0 Å². The number of hydrogen-bond donors (Lipinski definition) is 0. The van der Waals surface area contributed by atoms with E-state index < -0.39 is 0 Å². The van der Waals surface area contributed by atoms with Crippen LogP contribution in [0, 0.1) is 5.92 Å². The summed E-state index contributed by atoms with van der Waals surface area (Å²) in [5, 5.41) is 2.04. The molecule has 3 heterocycles. The highest BCUT2D eigenvalue weighted by Gasteiger charge is 2.31. The van der Waals surface area contributed by atoms with Crippen LogP contribution in [0.2, 0.25) is 0 Å². The highest BCUT2D eigenvalue weighted by molar-refractivity contribution is 7.17. The number of fused-ring (bicyclic) bond motifs is 1. The number of nitrogens with zero attached hydrogens (tertiary/aromatic N) is 2. The molecular weight excluding hydrogens is 400 g/mol. The Morgan fingerprint density at radius 3 is 2.90 bits per heavy atom. The summed E-state index contributed by atoms with van der Waals surface area (Å²) in [6.45, 7) is 3.82. The largest absolute Gasteiger partial charge is 0.497 e. The second kappa shape index (κ2) is 8.92. The molecule has 0 aliphatic carbocycles. The molecule has 4 rings (SSSR count). The van der Waals surface area contributed by atoms with Gasteiger partial charge in [0, 0.05) is 19.6 Å². The summed E-state index contributed by atoms with van der Waals surface area (Å²) < 4.78 is 13.7. The van der Waals surface area contributed by atoms with Gasteiger partial charge in [-0.15, -0.1) is 11.3 Å². The Morgan fingerprint density at radius 1 is 1.23 bits per heavy atom. The zero-order valence-electron chi connectivity index (χ0n) is 17.3. The highest BCUT2D eigenvalue weighted by Crippen LogP contribution is 2.29. The fraction of sp³-hybridized carbons (Fsp3) is 0.391. The third kappa shape index (κ3) is 4.07. The third-order valence-corrected chi connectivity index (χ3v) is 6.40. The predicted octanol–water partition coefficient (Wildman–Crippen LogP) is 4.18. The van der Waals surface area contributed by atoms with Gasteiger partial charge in [0.05, 0.1) is 29.9 Å². The number of rotatable bonds is 6. The molecule has 1 amide bonds. The van der Waals surface area contributed by atoms with Gasteiger partial charge in [0.1, 0.15) is 11.4 Å². The number of benzene rings is 1. The molecule has 0 bridgehead atoms. The quantitative estimate of drug-likeness (QED) is 0.555. The number of esters is 1. The number of piperidine rings is 1. The minimum absolute atomic E-state index is 0.0321. The molecule has 0 N–H and O–H groups in total. The number of aromatic nitrogens is 1. The Morgan fingerprint density at radius 2 is 2.10 bits per heavy atom. The molecule has 0 spiro atoms. The molecule has 0 unspecified atom stereocenters. The molecule has 30 heavy (non-hydrogen) atoms. The first kappa shape index (κ1) is 20.5. The van der Waals surface area contributed by atoms with Crippen molar-refractivity contribution in [2.24, 2.45) is 5.92 Å². The molecule has 3 aromatic rings. The average Bonchev–Trinajstić information content (AvgIpc) is 3.36. The molecule has 0 radical (unpaired) electrons. The molecule has 1 aliphatic rings. The van der Waals surface area contributed by atoms with Gasteiger partial charge in [-0.2, -0.15) is 0 Å². The summed E-state index contributed by atoms with van der Waals surface area (Å²) >= 11 is 1.63. The maximum atomic E-state index is 13.5. The number of thiophene rings is 1. The SMILES string of the molecule is CCOC(=O)[C@@H]1CCCN(C(=O)c2cc3sccc3n2Cc2cccc(OC)c2)C1. The first-order chi connectivity index (χ1) is 14.6. The topological polar surface area (TPSA) is 60.8 Å². The van der Waals surface area contributed by atoms with Gasteiger partial charge in [-0.25, -0.2) is 0 Å².